The van der Waals surface area contributed by atoms with Crippen molar-refractivity contribution < 1.29 is 9.53 Å². The molecule has 1 unspecified atom stereocenters. The molecule has 110 valence electrons. The first kappa shape index (κ1) is 16.3. The van der Waals surface area contributed by atoms with E-state index in [1.165, 1.54) is 5.56 Å². The molecule has 0 heterocycles. The maximum Gasteiger partial charge on any atom is 0.339 e. The van der Waals surface area contributed by atoms with E-state index < -0.39 is 12.0 Å². The van der Waals surface area contributed by atoms with Crippen molar-refractivity contribution in [2.75, 3.05) is 27.2 Å². The normalized spacial score (nSPS) is 12.2. The van der Waals surface area contributed by atoms with Gasteiger partial charge in [-0.1, -0.05) is 24.3 Å². The summed E-state index contributed by atoms with van der Waals surface area (Å²) in [5, 5.41) is 2.86. The Kier molecular flexibility index (Phi) is 6.87. The van der Waals surface area contributed by atoms with Crippen molar-refractivity contribution in [3.8, 4) is 0 Å². The Bertz CT molecular complexity index is 429. The Hall–Kier alpha value is -1.75. The summed E-state index contributed by atoms with van der Waals surface area (Å²) in [6, 6.07) is 6.35. The van der Waals surface area contributed by atoms with Gasteiger partial charge in [-0.2, -0.15) is 0 Å². The standard InChI is InChI=1S/C15H22N2O3/c1-4-20-15(18)14(16-19)13-9-7-12(8-10-13)6-5-11-17(2)3/h7-10,14H,4-6,11H2,1-3H3. The average Bonchev–Trinajstić information content (AvgIpc) is 2.41. The van der Waals surface area contributed by atoms with E-state index in [2.05, 4.69) is 10.1 Å². The van der Waals surface area contributed by atoms with Gasteiger partial charge in [0.15, 0.2) is 0 Å². The molecule has 0 aliphatic heterocycles. The Morgan fingerprint density at radius 1 is 1.30 bits per heavy atom. The molecule has 0 aliphatic carbocycles. The van der Waals surface area contributed by atoms with Gasteiger partial charge in [0.05, 0.1) is 6.61 Å². The fraction of sp³-hybridized carbons (Fsp3) is 0.533. The molecule has 0 saturated heterocycles. The molecule has 0 N–H and O–H groups in total. The lowest BCUT2D eigenvalue weighted by molar-refractivity contribution is -0.144. The summed E-state index contributed by atoms with van der Waals surface area (Å²) in [6.07, 6.45) is 2.04. The second-order valence-electron chi connectivity index (χ2n) is 4.91. The van der Waals surface area contributed by atoms with Crippen LogP contribution in [-0.4, -0.2) is 38.1 Å². The number of rotatable bonds is 8. The van der Waals surface area contributed by atoms with Crippen LogP contribution in [0.1, 0.15) is 30.5 Å². The zero-order valence-corrected chi connectivity index (χ0v) is 12.3. The minimum atomic E-state index is -1.06. The molecule has 1 rings (SSSR count). The van der Waals surface area contributed by atoms with Gasteiger partial charge in [0.2, 0.25) is 6.04 Å². The highest BCUT2D eigenvalue weighted by molar-refractivity contribution is 5.77. The summed E-state index contributed by atoms with van der Waals surface area (Å²) in [5.74, 6) is -0.595. The fourth-order valence-corrected chi connectivity index (χ4v) is 1.93. The van der Waals surface area contributed by atoms with Crippen LogP contribution in [0, 0.1) is 4.91 Å². The van der Waals surface area contributed by atoms with Gasteiger partial charge in [-0.3, -0.25) is 0 Å². The highest BCUT2D eigenvalue weighted by Gasteiger charge is 2.22. The van der Waals surface area contributed by atoms with Crippen molar-refractivity contribution in [3.05, 3.63) is 40.3 Å². The molecule has 0 radical (unpaired) electrons. The topological polar surface area (TPSA) is 59.0 Å². The predicted octanol–water partition coefficient (Wildman–Crippen LogP) is 2.55. The van der Waals surface area contributed by atoms with Crippen molar-refractivity contribution in [2.24, 2.45) is 5.18 Å². The van der Waals surface area contributed by atoms with Gasteiger partial charge in [0, 0.05) is 0 Å². The number of ether oxygens (including phenoxy) is 1. The highest BCUT2D eigenvalue weighted by Crippen LogP contribution is 2.20. The first-order valence-electron chi connectivity index (χ1n) is 6.81. The van der Waals surface area contributed by atoms with Gasteiger partial charge in [0.1, 0.15) is 0 Å². The fourth-order valence-electron chi connectivity index (χ4n) is 1.93. The smallest absolute Gasteiger partial charge is 0.339 e. The Labute approximate surface area is 119 Å². The summed E-state index contributed by atoms with van der Waals surface area (Å²) < 4.78 is 4.83. The van der Waals surface area contributed by atoms with E-state index in [0.29, 0.717) is 5.56 Å². The molecule has 0 aromatic heterocycles. The summed E-state index contributed by atoms with van der Waals surface area (Å²) in [7, 11) is 4.09. The molecule has 0 amide bonds. The van der Waals surface area contributed by atoms with E-state index in [9.17, 15) is 9.70 Å². The van der Waals surface area contributed by atoms with Crippen LogP contribution in [0.5, 0.6) is 0 Å². The number of carbonyl (C=O) groups is 1. The molecule has 0 bridgehead atoms. The molecule has 0 fully saturated rings. The summed E-state index contributed by atoms with van der Waals surface area (Å²) in [6.45, 7) is 2.98. The van der Waals surface area contributed by atoms with E-state index >= 15 is 0 Å². The number of nitrogens with zero attached hydrogens (tertiary/aromatic N) is 2. The van der Waals surface area contributed by atoms with Gasteiger partial charge in [-0.25, -0.2) is 4.79 Å². The minimum Gasteiger partial charge on any atom is -0.464 e. The highest BCUT2D eigenvalue weighted by atomic mass is 16.5. The minimum absolute atomic E-state index is 0.244. The van der Waals surface area contributed by atoms with Crippen LogP contribution in [0.3, 0.4) is 0 Å². The molecule has 0 aliphatic rings. The van der Waals surface area contributed by atoms with E-state index in [1.807, 2.05) is 26.2 Å². The first-order valence-corrected chi connectivity index (χ1v) is 6.81. The quantitative estimate of drug-likeness (QED) is 0.541. The first-order chi connectivity index (χ1) is 9.58. The van der Waals surface area contributed by atoms with E-state index in [1.54, 1.807) is 19.1 Å². The van der Waals surface area contributed by atoms with Crippen LogP contribution < -0.4 is 0 Å². The third-order valence-corrected chi connectivity index (χ3v) is 2.98. The van der Waals surface area contributed by atoms with Crippen molar-refractivity contribution in [1.29, 1.82) is 0 Å². The molecule has 5 heteroatoms. The van der Waals surface area contributed by atoms with E-state index in [4.69, 9.17) is 4.74 Å². The van der Waals surface area contributed by atoms with Gasteiger partial charge < -0.3 is 9.64 Å². The number of hydrogen-bond donors (Lipinski definition) is 0. The molecular formula is C15H22N2O3. The van der Waals surface area contributed by atoms with Gasteiger partial charge in [-0.15, -0.1) is 4.91 Å². The monoisotopic (exact) mass is 278 g/mol. The second kappa shape index (κ2) is 8.43. The Morgan fingerprint density at radius 2 is 1.95 bits per heavy atom. The van der Waals surface area contributed by atoms with Gasteiger partial charge in [-0.05, 0) is 56.7 Å². The largest absolute Gasteiger partial charge is 0.464 e. The zero-order valence-electron chi connectivity index (χ0n) is 12.3. The number of esters is 1. The molecule has 5 nitrogen and oxygen atoms in total. The SMILES string of the molecule is CCOC(=O)C(N=O)c1ccc(CCCN(C)C)cc1. The number of benzene rings is 1. The maximum atomic E-state index is 11.6. The van der Waals surface area contributed by atoms with Crippen LogP contribution in [0.2, 0.25) is 0 Å². The van der Waals surface area contributed by atoms with Crippen LogP contribution in [0.4, 0.5) is 0 Å². The number of aryl methyl sites for hydroxylation is 1. The number of hydrogen-bond acceptors (Lipinski definition) is 5. The maximum absolute atomic E-state index is 11.6. The Balaban J connectivity index is 2.64. The Morgan fingerprint density at radius 3 is 2.45 bits per heavy atom. The third kappa shape index (κ3) is 5.09. The van der Waals surface area contributed by atoms with Crippen molar-refractivity contribution in [1.82, 2.24) is 4.90 Å². The molecule has 1 aromatic rings. The lowest BCUT2D eigenvalue weighted by Crippen LogP contribution is -2.14. The molecule has 1 atom stereocenters. The van der Waals surface area contributed by atoms with Crippen LogP contribution in [-0.2, 0) is 16.0 Å². The second-order valence-corrected chi connectivity index (χ2v) is 4.91. The summed E-state index contributed by atoms with van der Waals surface area (Å²) in [5.41, 5.74) is 1.76. The molecule has 0 spiro atoms. The lowest BCUT2D eigenvalue weighted by atomic mass is 10.0. The molecule has 20 heavy (non-hydrogen) atoms. The lowest BCUT2D eigenvalue weighted by Gasteiger charge is -2.11. The molecular weight excluding hydrogens is 256 g/mol. The van der Waals surface area contributed by atoms with Gasteiger partial charge in [0.25, 0.3) is 0 Å². The van der Waals surface area contributed by atoms with Crippen molar-refractivity contribution in [3.63, 3.8) is 0 Å². The zero-order chi connectivity index (χ0) is 15.0. The van der Waals surface area contributed by atoms with Crippen LogP contribution in [0.15, 0.2) is 29.4 Å². The van der Waals surface area contributed by atoms with Crippen LogP contribution in [0.25, 0.3) is 0 Å². The summed E-state index contributed by atoms with van der Waals surface area (Å²) in [4.78, 5) is 24.5. The molecule has 1 aromatic carbocycles. The van der Waals surface area contributed by atoms with Crippen LogP contribution >= 0.6 is 0 Å². The van der Waals surface area contributed by atoms with E-state index in [-0.39, 0.29) is 6.61 Å². The van der Waals surface area contributed by atoms with E-state index in [0.717, 1.165) is 19.4 Å². The predicted molar refractivity (Wildman–Crippen MR) is 78.5 cm³/mol. The number of carbonyl (C=O) groups excluding carboxylic acids is 1. The molecule has 0 saturated carbocycles. The van der Waals surface area contributed by atoms with Crippen molar-refractivity contribution >= 4 is 5.97 Å². The summed E-state index contributed by atoms with van der Waals surface area (Å²) >= 11 is 0. The average molecular weight is 278 g/mol. The van der Waals surface area contributed by atoms with Crippen molar-refractivity contribution in [2.45, 2.75) is 25.8 Å². The van der Waals surface area contributed by atoms with Gasteiger partial charge >= 0.3 is 5.97 Å². The number of nitroso groups, excluding NO2 is 1. The third-order valence-electron chi connectivity index (χ3n) is 2.98.